The van der Waals surface area contributed by atoms with Crippen LogP contribution in [-0.2, 0) is 4.74 Å². The van der Waals surface area contributed by atoms with Crippen LogP contribution in [0.2, 0.25) is 0 Å². The predicted molar refractivity (Wildman–Crippen MR) is 38.1 cm³/mol. The summed E-state index contributed by atoms with van der Waals surface area (Å²) in [7, 11) is 0. The molecule has 0 saturated carbocycles. The van der Waals surface area contributed by atoms with Crippen molar-refractivity contribution in [1.29, 1.82) is 0 Å². The van der Waals surface area contributed by atoms with Crippen molar-refractivity contribution >= 4 is 0 Å². The van der Waals surface area contributed by atoms with Crippen molar-refractivity contribution in [1.82, 2.24) is 0 Å². The Kier molecular flexibility index (Phi) is 6.48. The fraction of sp³-hybridized carbons (Fsp3) is 1.00. The molecule has 75 valence electrons. The summed E-state index contributed by atoms with van der Waals surface area (Å²) in [5.74, 6) is 0. The third-order valence-electron chi connectivity index (χ3n) is 1.90. The molecule has 1 aliphatic rings. The fourth-order valence-corrected chi connectivity index (χ4v) is 1.10. The Hall–Kier alpha value is 1.20. The molecule has 5 atom stereocenters. The predicted octanol–water partition coefficient (Wildman–Crippen LogP) is -2.16. The topological polar surface area (TPSA) is 114 Å². The molecule has 5 N–H and O–H groups in total. The van der Waals surface area contributed by atoms with E-state index < -0.39 is 37.3 Å². The van der Waals surface area contributed by atoms with E-state index in [2.05, 4.69) is 4.74 Å². The number of rotatable bonds is 1. The van der Waals surface area contributed by atoms with Crippen molar-refractivity contribution in [2.24, 2.45) is 0 Å². The van der Waals surface area contributed by atoms with Crippen LogP contribution >= 0.6 is 0 Å². The van der Waals surface area contributed by atoms with Gasteiger partial charge < -0.3 is 30.9 Å². The summed E-state index contributed by atoms with van der Waals surface area (Å²) in [5, 5.41) is 35.9. The number of aliphatic hydroxyl groups excluding tert-OH is 4. The normalized spacial score (nSPS) is 45.5. The SMILES string of the molecule is [Ac].[NH-]C1C(O)[C@@H](O)C(CO)O[C@H]1O. The Balaban J connectivity index is 0.00000144. The van der Waals surface area contributed by atoms with Crippen LogP contribution in [0.1, 0.15) is 0 Å². The van der Waals surface area contributed by atoms with Gasteiger partial charge in [0.2, 0.25) is 0 Å². The second-order valence-corrected chi connectivity index (χ2v) is 2.75. The van der Waals surface area contributed by atoms with Crippen LogP contribution in [0.5, 0.6) is 0 Å². The number of nitrogens with one attached hydrogen (secondary N) is 1. The molecule has 1 aliphatic heterocycles. The molecule has 3 unspecified atom stereocenters. The molecule has 13 heavy (non-hydrogen) atoms. The molecule has 0 aromatic rings. The molecule has 1 heterocycles. The molecule has 1 saturated heterocycles. The molecule has 0 amide bonds. The van der Waals surface area contributed by atoms with Gasteiger partial charge in [0.1, 0.15) is 18.5 Å². The van der Waals surface area contributed by atoms with Crippen molar-refractivity contribution < 1.29 is 69.2 Å². The number of hydrogen-bond acceptors (Lipinski definition) is 5. The Morgan fingerprint density at radius 2 is 1.69 bits per heavy atom. The first kappa shape index (κ1) is 14.2. The van der Waals surface area contributed by atoms with Gasteiger partial charge in [-0.05, 0) is 0 Å². The summed E-state index contributed by atoms with van der Waals surface area (Å²) in [4.78, 5) is 0. The third kappa shape index (κ3) is 3.08. The van der Waals surface area contributed by atoms with E-state index in [1.54, 1.807) is 0 Å². The Morgan fingerprint density at radius 1 is 1.15 bits per heavy atom. The molecule has 0 aromatic carbocycles. The van der Waals surface area contributed by atoms with Crippen molar-refractivity contribution in [3.05, 3.63) is 5.73 Å². The minimum atomic E-state index is -1.46. The molecule has 1 rings (SSSR count). The fourth-order valence-electron chi connectivity index (χ4n) is 1.10. The Morgan fingerprint density at radius 3 is 2.15 bits per heavy atom. The van der Waals surface area contributed by atoms with Crippen LogP contribution in [-0.4, -0.2) is 57.7 Å². The van der Waals surface area contributed by atoms with Gasteiger partial charge in [0.15, 0.2) is 0 Å². The summed E-state index contributed by atoms with van der Waals surface area (Å²) in [6, 6.07) is -1.29. The number of aliphatic hydroxyl groups is 4. The average molecular weight is 405 g/mol. The van der Waals surface area contributed by atoms with Crippen LogP contribution < -0.4 is 0 Å². The standard InChI is InChI=1S/C6H12NO5.Ac/c7-3-5(10)4(9)2(1-8)12-6(3)11;/h2-11H,1H2;/q-1;/t2?,3?,4-,5?,6+;/m0./s1. The summed E-state index contributed by atoms with van der Waals surface area (Å²) in [6.45, 7) is -0.498. The van der Waals surface area contributed by atoms with E-state index in [0.717, 1.165) is 0 Å². The number of hydrogen-bond donors (Lipinski definition) is 4. The molecular weight excluding hydrogens is 393 g/mol. The maximum absolute atomic E-state index is 9.16. The van der Waals surface area contributed by atoms with Crippen molar-refractivity contribution in [2.75, 3.05) is 6.61 Å². The van der Waals surface area contributed by atoms with E-state index in [0.29, 0.717) is 0 Å². The smallest absolute Gasteiger partial charge is 0.141 e. The molecular formula is C6H12AcNO5-. The zero-order chi connectivity index (χ0) is 9.30. The van der Waals surface area contributed by atoms with Gasteiger partial charge in [-0.2, -0.15) is 0 Å². The van der Waals surface area contributed by atoms with Gasteiger partial charge in [-0.25, -0.2) is 0 Å². The average Bonchev–Trinajstić information content (AvgIpc) is 2.08. The van der Waals surface area contributed by atoms with Gasteiger partial charge in [0, 0.05) is 44.1 Å². The van der Waals surface area contributed by atoms with Gasteiger partial charge >= 0.3 is 0 Å². The van der Waals surface area contributed by atoms with E-state index >= 15 is 0 Å². The minimum Gasteiger partial charge on any atom is -0.668 e. The molecule has 0 bridgehead atoms. The van der Waals surface area contributed by atoms with E-state index in [4.69, 9.17) is 26.2 Å². The zero-order valence-electron chi connectivity index (χ0n) is 6.87. The maximum Gasteiger partial charge on any atom is 0.141 e. The minimum absolute atomic E-state index is 0. The molecule has 0 aliphatic carbocycles. The Bertz CT molecular complexity index is 155. The van der Waals surface area contributed by atoms with Crippen molar-refractivity contribution in [2.45, 2.75) is 30.6 Å². The van der Waals surface area contributed by atoms with Crippen LogP contribution in [0.3, 0.4) is 0 Å². The Labute approximate surface area is 111 Å². The van der Waals surface area contributed by atoms with E-state index in [1.165, 1.54) is 0 Å². The third-order valence-corrected chi connectivity index (χ3v) is 1.90. The summed E-state index contributed by atoms with van der Waals surface area (Å²) >= 11 is 0. The van der Waals surface area contributed by atoms with E-state index in [-0.39, 0.29) is 44.1 Å². The first-order valence-corrected chi connectivity index (χ1v) is 3.59. The maximum atomic E-state index is 9.16. The van der Waals surface area contributed by atoms with Crippen molar-refractivity contribution in [3.8, 4) is 0 Å². The monoisotopic (exact) mass is 405 g/mol. The largest absolute Gasteiger partial charge is 0.668 e. The van der Waals surface area contributed by atoms with Crippen LogP contribution in [0.15, 0.2) is 0 Å². The molecule has 0 aromatic heterocycles. The summed E-state index contributed by atoms with van der Waals surface area (Å²) in [6.07, 6.45) is -5.18. The second-order valence-electron chi connectivity index (χ2n) is 2.75. The van der Waals surface area contributed by atoms with Crippen LogP contribution in [0.25, 0.3) is 5.73 Å². The first-order chi connectivity index (χ1) is 5.57. The van der Waals surface area contributed by atoms with Gasteiger partial charge in [0.25, 0.3) is 0 Å². The molecule has 1 radical (unpaired) electrons. The van der Waals surface area contributed by atoms with E-state index in [1.807, 2.05) is 0 Å². The van der Waals surface area contributed by atoms with E-state index in [9.17, 15) is 0 Å². The van der Waals surface area contributed by atoms with Gasteiger partial charge in [-0.1, -0.05) is 6.04 Å². The molecule has 1 fully saturated rings. The summed E-state index contributed by atoms with van der Waals surface area (Å²) < 4.78 is 4.64. The van der Waals surface area contributed by atoms with Gasteiger partial charge in [0.05, 0.1) is 12.7 Å². The quantitative estimate of drug-likeness (QED) is 0.397. The van der Waals surface area contributed by atoms with Crippen molar-refractivity contribution in [3.63, 3.8) is 0 Å². The molecule has 0 spiro atoms. The van der Waals surface area contributed by atoms with Crippen LogP contribution in [0, 0.1) is 44.1 Å². The summed E-state index contributed by atoms with van der Waals surface area (Å²) in [5.41, 5.74) is 7.11. The molecule has 7 heteroatoms. The zero-order valence-corrected chi connectivity index (χ0v) is 11.6. The second kappa shape index (κ2) is 5.93. The number of ether oxygens (including phenoxy) is 1. The first-order valence-electron chi connectivity index (χ1n) is 3.59. The van der Waals surface area contributed by atoms with Crippen LogP contribution in [0.4, 0.5) is 0 Å². The van der Waals surface area contributed by atoms with Gasteiger partial charge in [-0.15, -0.1) is 0 Å². The molecule has 6 nitrogen and oxygen atoms in total. The van der Waals surface area contributed by atoms with Gasteiger partial charge in [-0.3, -0.25) is 0 Å².